The maximum absolute atomic E-state index is 11.9. The highest BCUT2D eigenvalue weighted by Gasteiger charge is 2.25. The summed E-state index contributed by atoms with van der Waals surface area (Å²) in [4.78, 5) is 45.3. The summed E-state index contributed by atoms with van der Waals surface area (Å²) in [5.74, 6) is -3.76. The first kappa shape index (κ1) is 21.8. The third-order valence-corrected chi connectivity index (χ3v) is 3.32. The van der Waals surface area contributed by atoms with Gasteiger partial charge < -0.3 is 32.3 Å². The monoisotopic (exact) mass is 346 g/mol. The van der Waals surface area contributed by atoms with E-state index in [9.17, 15) is 19.2 Å². The summed E-state index contributed by atoms with van der Waals surface area (Å²) in [6.07, 6.45) is 1.19. The molecule has 10 heteroatoms. The molecule has 0 aromatic rings. The van der Waals surface area contributed by atoms with Gasteiger partial charge in [0, 0.05) is 6.42 Å². The lowest BCUT2D eigenvalue weighted by Crippen LogP contribution is -2.53. The molecular formula is C14H26N4O6. The van der Waals surface area contributed by atoms with Crippen LogP contribution in [0.15, 0.2) is 0 Å². The summed E-state index contributed by atoms with van der Waals surface area (Å²) in [5, 5.41) is 22.1. The highest BCUT2D eigenvalue weighted by Crippen LogP contribution is 2.01. The molecule has 0 bridgehead atoms. The first-order valence-corrected chi connectivity index (χ1v) is 7.70. The Morgan fingerprint density at radius 1 is 1.00 bits per heavy atom. The van der Waals surface area contributed by atoms with Gasteiger partial charge in [-0.15, -0.1) is 0 Å². The molecule has 3 atom stereocenters. The average molecular weight is 346 g/mol. The predicted molar refractivity (Wildman–Crippen MR) is 84.9 cm³/mol. The van der Waals surface area contributed by atoms with Crippen LogP contribution in [0.2, 0.25) is 0 Å². The molecule has 0 saturated heterocycles. The van der Waals surface area contributed by atoms with Gasteiger partial charge in [0.2, 0.25) is 11.8 Å². The van der Waals surface area contributed by atoms with Crippen LogP contribution in [0.5, 0.6) is 0 Å². The van der Waals surface area contributed by atoms with Gasteiger partial charge >= 0.3 is 11.9 Å². The summed E-state index contributed by atoms with van der Waals surface area (Å²) in [6.45, 7) is 1.88. The molecule has 0 fully saturated rings. The lowest BCUT2D eigenvalue weighted by Gasteiger charge is -2.20. The number of unbranched alkanes of at least 4 members (excludes halogenated alkanes) is 1. The van der Waals surface area contributed by atoms with Gasteiger partial charge in [0.05, 0.1) is 6.04 Å². The van der Waals surface area contributed by atoms with E-state index in [2.05, 4.69) is 10.6 Å². The van der Waals surface area contributed by atoms with Crippen LogP contribution in [0.1, 0.15) is 39.0 Å². The average Bonchev–Trinajstić information content (AvgIpc) is 2.50. The van der Waals surface area contributed by atoms with Crippen LogP contribution < -0.4 is 22.1 Å². The maximum atomic E-state index is 11.9. The molecule has 0 aliphatic heterocycles. The van der Waals surface area contributed by atoms with E-state index in [4.69, 9.17) is 21.7 Å². The molecule has 0 aliphatic rings. The number of carbonyl (C=O) groups excluding carboxylic acids is 2. The molecule has 10 nitrogen and oxygen atoms in total. The Bertz CT molecular complexity index is 457. The van der Waals surface area contributed by atoms with Gasteiger partial charge in [0.15, 0.2) is 0 Å². The Morgan fingerprint density at radius 2 is 1.62 bits per heavy atom. The minimum atomic E-state index is -1.35. The number of carboxylic acid groups (broad SMARTS) is 2. The number of amides is 2. The quantitative estimate of drug-likeness (QED) is 0.228. The van der Waals surface area contributed by atoms with Crippen molar-refractivity contribution in [2.75, 3.05) is 6.54 Å². The van der Waals surface area contributed by atoms with Gasteiger partial charge in [0.25, 0.3) is 0 Å². The van der Waals surface area contributed by atoms with Crippen molar-refractivity contribution in [2.24, 2.45) is 11.5 Å². The van der Waals surface area contributed by atoms with E-state index in [-0.39, 0.29) is 6.42 Å². The molecule has 2 amide bonds. The van der Waals surface area contributed by atoms with Crippen LogP contribution >= 0.6 is 0 Å². The normalized spacial score (nSPS) is 14.3. The third-order valence-electron chi connectivity index (χ3n) is 3.32. The molecule has 0 aromatic heterocycles. The van der Waals surface area contributed by atoms with Gasteiger partial charge in [-0.05, 0) is 32.7 Å². The predicted octanol–water partition coefficient (Wildman–Crippen LogP) is -1.62. The standard InChI is InChI=1S/C14H26N4O6/c1-8(17-13(22)9(16)4-2-3-7-15)12(21)18-10(14(23)24)5-6-11(19)20/h8-10H,2-7,15-16H2,1H3,(H,17,22)(H,18,21)(H,19,20)(H,23,24). The first-order chi connectivity index (χ1) is 11.2. The molecule has 0 aliphatic carbocycles. The Kier molecular flexibility index (Phi) is 10.3. The van der Waals surface area contributed by atoms with Gasteiger partial charge in [0.1, 0.15) is 12.1 Å². The summed E-state index contributed by atoms with van der Waals surface area (Å²) in [5.41, 5.74) is 11.0. The van der Waals surface area contributed by atoms with Crippen molar-refractivity contribution in [3.63, 3.8) is 0 Å². The van der Waals surface area contributed by atoms with E-state index in [1.807, 2.05) is 0 Å². The number of hydrogen-bond acceptors (Lipinski definition) is 6. The lowest BCUT2D eigenvalue weighted by molar-refractivity contribution is -0.143. The van der Waals surface area contributed by atoms with E-state index in [0.29, 0.717) is 19.4 Å². The molecule has 0 saturated carbocycles. The molecule has 3 unspecified atom stereocenters. The lowest BCUT2D eigenvalue weighted by atomic mass is 10.1. The van der Waals surface area contributed by atoms with E-state index >= 15 is 0 Å². The van der Waals surface area contributed by atoms with Crippen molar-refractivity contribution in [1.82, 2.24) is 10.6 Å². The summed E-state index contributed by atoms with van der Waals surface area (Å²) in [6, 6.07) is -3.12. The Balaban J connectivity index is 4.44. The Labute approximate surface area is 139 Å². The second kappa shape index (κ2) is 11.4. The number of carbonyl (C=O) groups is 4. The molecule has 0 radical (unpaired) electrons. The number of carboxylic acids is 2. The van der Waals surface area contributed by atoms with Crippen molar-refractivity contribution in [1.29, 1.82) is 0 Å². The number of hydrogen-bond donors (Lipinski definition) is 6. The molecule has 8 N–H and O–H groups in total. The first-order valence-electron chi connectivity index (χ1n) is 7.70. The maximum Gasteiger partial charge on any atom is 0.326 e. The minimum absolute atomic E-state index is 0.254. The van der Waals surface area contributed by atoms with Crippen LogP contribution in [-0.2, 0) is 19.2 Å². The zero-order chi connectivity index (χ0) is 18.7. The van der Waals surface area contributed by atoms with Crippen LogP contribution in [0.3, 0.4) is 0 Å². The molecule has 138 valence electrons. The summed E-state index contributed by atoms with van der Waals surface area (Å²) in [7, 11) is 0. The minimum Gasteiger partial charge on any atom is -0.481 e. The third kappa shape index (κ3) is 9.06. The Hall–Kier alpha value is -2.20. The zero-order valence-corrected chi connectivity index (χ0v) is 13.7. The zero-order valence-electron chi connectivity index (χ0n) is 13.7. The molecule has 0 rings (SSSR count). The van der Waals surface area contributed by atoms with Crippen LogP contribution in [0.4, 0.5) is 0 Å². The molecule has 0 spiro atoms. The topological polar surface area (TPSA) is 185 Å². The van der Waals surface area contributed by atoms with Crippen molar-refractivity contribution in [2.45, 2.75) is 57.2 Å². The number of aliphatic carboxylic acids is 2. The van der Waals surface area contributed by atoms with Crippen molar-refractivity contribution >= 4 is 23.8 Å². The fourth-order valence-corrected chi connectivity index (χ4v) is 1.85. The van der Waals surface area contributed by atoms with Gasteiger partial charge in [-0.1, -0.05) is 6.42 Å². The molecular weight excluding hydrogens is 320 g/mol. The highest BCUT2D eigenvalue weighted by atomic mass is 16.4. The smallest absolute Gasteiger partial charge is 0.326 e. The Morgan fingerprint density at radius 3 is 2.12 bits per heavy atom. The summed E-state index contributed by atoms with van der Waals surface area (Å²) < 4.78 is 0. The van der Waals surface area contributed by atoms with Gasteiger partial charge in [-0.25, -0.2) is 4.79 Å². The van der Waals surface area contributed by atoms with Crippen molar-refractivity contribution in [3.05, 3.63) is 0 Å². The molecule has 0 heterocycles. The van der Waals surface area contributed by atoms with E-state index in [0.717, 1.165) is 6.42 Å². The fourth-order valence-electron chi connectivity index (χ4n) is 1.85. The SMILES string of the molecule is CC(NC(=O)C(N)CCCCN)C(=O)NC(CCC(=O)O)C(=O)O. The molecule has 0 aromatic carbocycles. The summed E-state index contributed by atoms with van der Waals surface area (Å²) >= 11 is 0. The van der Waals surface area contributed by atoms with E-state index in [1.54, 1.807) is 0 Å². The van der Waals surface area contributed by atoms with Crippen LogP contribution in [-0.4, -0.2) is 58.6 Å². The van der Waals surface area contributed by atoms with Gasteiger partial charge in [-0.3, -0.25) is 14.4 Å². The second-order valence-electron chi connectivity index (χ2n) is 5.45. The van der Waals surface area contributed by atoms with Crippen LogP contribution in [0.25, 0.3) is 0 Å². The molecule has 24 heavy (non-hydrogen) atoms. The van der Waals surface area contributed by atoms with Gasteiger partial charge in [-0.2, -0.15) is 0 Å². The van der Waals surface area contributed by atoms with Crippen molar-refractivity contribution in [3.8, 4) is 0 Å². The fraction of sp³-hybridized carbons (Fsp3) is 0.714. The van der Waals surface area contributed by atoms with E-state index in [1.165, 1.54) is 6.92 Å². The number of nitrogens with two attached hydrogens (primary N) is 2. The number of rotatable bonds is 12. The second-order valence-corrected chi connectivity index (χ2v) is 5.45. The van der Waals surface area contributed by atoms with Crippen molar-refractivity contribution < 1.29 is 29.4 Å². The van der Waals surface area contributed by atoms with E-state index < -0.39 is 48.3 Å². The number of nitrogens with one attached hydrogen (secondary N) is 2. The van der Waals surface area contributed by atoms with Crippen LogP contribution in [0, 0.1) is 0 Å². The highest BCUT2D eigenvalue weighted by molar-refractivity contribution is 5.91. The largest absolute Gasteiger partial charge is 0.481 e.